The van der Waals surface area contributed by atoms with Gasteiger partial charge in [0.25, 0.3) is 0 Å². The van der Waals surface area contributed by atoms with Crippen LogP contribution in [0.25, 0.3) is 0 Å². The van der Waals surface area contributed by atoms with Gasteiger partial charge in [0, 0.05) is 20.0 Å². The molecule has 0 N–H and O–H groups in total. The average molecular weight is 148 g/mol. The van der Waals surface area contributed by atoms with E-state index >= 15 is 0 Å². The summed E-state index contributed by atoms with van der Waals surface area (Å²) >= 11 is 0. The zero-order valence-electron chi connectivity index (χ0n) is 9.72. The molecule has 0 aliphatic carbocycles. The molecule has 1 atom stereocenters. The summed E-state index contributed by atoms with van der Waals surface area (Å²) < 4.78 is 0. The highest BCUT2D eigenvalue weighted by Crippen LogP contribution is 2.10. The third-order valence-corrected chi connectivity index (χ3v) is 3.37. The predicted molar refractivity (Wildman–Crippen MR) is 83.9 cm³/mol. The highest BCUT2D eigenvalue weighted by Gasteiger charge is 2.28. The van der Waals surface area contributed by atoms with Gasteiger partial charge in [-0.1, -0.05) is 6.82 Å². The molecule has 0 aromatic rings. The maximum Gasteiger partial charge on any atom is 0.0771 e. The molecule has 0 aliphatic rings. The Morgan fingerprint density at radius 2 is 1.58 bits per heavy atom. The Hall–Kier alpha value is 0.649. The minimum atomic E-state index is 0.842. The van der Waals surface area contributed by atoms with E-state index in [0.29, 0.717) is 0 Å². The highest BCUT2D eigenvalue weighted by molar-refractivity contribution is 7.59. The van der Waals surface area contributed by atoms with E-state index < -0.39 is 0 Å². The van der Waals surface area contributed by atoms with Gasteiger partial charge in [-0.3, -0.25) is 0 Å². The normalized spacial score (nSPS) is 11.4. The van der Waals surface area contributed by atoms with Crippen molar-refractivity contribution >= 4 is 72.4 Å². The van der Waals surface area contributed by atoms with Crippen LogP contribution in [0.3, 0.4) is 0 Å². The molecule has 0 aliphatic heterocycles. The number of hydrogen-bond donors (Lipinski definition) is 0. The van der Waals surface area contributed by atoms with Gasteiger partial charge in [-0.2, -0.15) is 0 Å². The molecule has 0 saturated carbocycles. The summed E-state index contributed by atoms with van der Waals surface area (Å²) in [6, 6.07) is 0. The second-order valence-electron chi connectivity index (χ2n) is 4.59. The van der Waals surface area contributed by atoms with E-state index in [4.69, 9.17) is 0 Å². The van der Waals surface area contributed by atoms with Crippen LogP contribution in [-0.4, -0.2) is 72.4 Å². The summed E-state index contributed by atoms with van der Waals surface area (Å²) in [6.07, 6.45) is 0. The fourth-order valence-electron chi connectivity index (χ4n) is 2.42. The van der Waals surface area contributed by atoms with Crippen LogP contribution in [-0.2, 0) is 0 Å². The van der Waals surface area contributed by atoms with E-state index in [-0.39, 0.29) is 0 Å². The van der Waals surface area contributed by atoms with Gasteiger partial charge in [-0.25, -0.2) is 0 Å². The van der Waals surface area contributed by atoms with E-state index in [0.717, 1.165) is 25.1 Å². The monoisotopic (exact) mass is 150 g/mol. The van der Waals surface area contributed by atoms with Crippen molar-refractivity contribution in [1.82, 2.24) is 0 Å². The molecule has 0 fully saturated rings. The largest absolute Gasteiger partial charge is 0.142 e. The number of hydrogen-bond acceptors (Lipinski definition) is 0. The molecule has 0 aromatic carbocycles. The van der Waals surface area contributed by atoms with Gasteiger partial charge in [-0.05, 0) is 0 Å². The van der Waals surface area contributed by atoms with Gasteiger partial charge < -0.3 is 0 Å². The molecule has 12 heavy (non-hydrogen) atoms. The molecule has 1 unspecified atom stereocenters. The molecule has 0 nitrogen and oxygen atoms in total. The van der Waals surface area contributed by atoms with Gasteiger partial charge in [0.05, 0.1) is 52.3 Å². The van der Waals surface area contributed by atoms with Crippen LogP contribution in [0, 0.1) is 0 Å². The van der Waals surface area contributed by atoms with Gasteiger partial charge in [0.1, 0.15) is 0 Å². The lowest BCUT2D eigenvalue weighted by atomic mass is 8.80. The van der Waals surface area contributed by atoms with Crippen LogP contribution in [0.4, 0.5) is 0 Å². The molecular weight excluding hydrogens is 132 g/mol. The first-order valence-electron chi connectivity index (χ1n) is 5.54. The second-order valence-corrected chi connectivity index (χ2v) is 4.59. The minimum absolute atomic E-state index is 0.842. The van der Waals surface area contributed by atoms with Gasteiger partial charge in [0.15, 0.2) is 0 Å². The first-order chi connectivity index (χ1) is 5.54. The van der Waals surface area contributed by atoms with Crippen molar-refractivity contribution in [3.63, 3.8) is 0 Å². The Bertz CT molecular complexity index is 102. The maximum absolute atomic E-state index is 2.40. The van der Waals surface area contributed by atoms with E-state index in [2.05, 4.69) is 45.5 Å². The molecule has 0 spiro atoms. The van der Waals surface area contributed by atoms with Crippen LogP contribution in [0.1, 0.15) is 0 Å². The molecule has 0 heterocycles. The van der Waals surface area contributed by atoms with Gasteiger partial charge in [-0.15, -0.1) is 5.62 Å². The van der Waals surface area contributed by atoms with E-state index in [1.807, 2.05) is 0 Å². The highest BCUT2D eigenvalue weighted by atomic mass is 13.6. The summed E-state index contributed by atoms with van der Waals surface area (Å²) in [5, 5.41) is 0. The van der Waals surface area contributed by atoms with Crippen LogP contribution < -0.4 is 0 Å². The lowest BCUT2D eigenvalue weighted by Crippen LogP contribution is -2.50. The lowest BCUT2D eigenvalue weighted by Gasteiger charge is -2.28. The summed E-state index contributed by atoms with van der Waals surface area (Å²) in [5.41, 5.74) is 0.917. The smallest absolute Gasteiger partial charge is 0.0771 e. The zero-order chi connectivity index (χ0) is 9.72. The van der Waals surface area contributed by atoms with Gasteiger partial charge in [0.2, 0.25) is 0 Å². The fraction of sp³-hybridized carbons (Fsp3) is 1.00. The third kappa shape index (κ3) is 3.58. The fourth-order valence-corrected chi connectivity index (χ4v) is 2.42. The standard InChI is InChI=1S/C2H16B10/c1-8-11(6)2(10(4)5)12(7)9-3/h2,8-9H,3-7H2,1H3. The number of rotatable bonds is 5. The summed E-state index contributed by atoms with van der Waals surface area (Å²) in [6.45, 7) is 4.93. The molecule has 0 saturated heterocycles. The van der Waals surface area contributed by atoms with Crippen LogP contribution in [0.2, 0.25) is 12.4 Å². The SMILES string of the molecule is BBB(B)C(B(B)B)B(B)BC. The Labute approximate surface area is 85.2 Å². The summed E-state index contributed by atoms with van der Waals surface area (Å²) in [5.74, 6) is 0. The molecule has 0 rings (SSSR count). The third-order valence-electron chi connectivity index (χ3n) is 3.37. The Balaban J connectivity index is 4.21. The first kappa shape index (κ1) is 12.6. The molecule has 0 radical (unpaired) electrons. The Morgan fingerprint density at radius 1 is 1.08 bits per heavy atom. The van der Waals surface area contributed by atoms with Crippen molar-refractivity contribution in [2.75, 3.05) is 0 Å². The first-order valence-corrected chi connectivity index (χ1v) is 5.54. The topological polar surface area (TPSA) is 0 Å². The summed E-state index contributed by atoms with van der Waals surface area (Å²) in [4.78, 5) is 0. The second kappa shape index (κ2) is 6.16. The predicted octanol–water partition coefficient (Wildman–Crippen LogP) is -6.10. The van der Waals surface area contributed by atoms with Crippen molar-refractivity contribution in [2.24, 2.45) is 0 Å². The van der Waals surface area contributed by atoms with Crippen molar-refractivity contribution in [2.45, 2.75) is 12.4 Å². The molecule has 0 bridgehead atoms. The van der Waals surface area contributed by atoms with E-state index in [9.17, 15) is 0 Å². The van der Waals surface area contributed by atoms with Crippen molar-refractivity contribution in [3.8, 4) is 0 Å². The molecule has 0 aromatic heterocycles. The van der Waals surface area contributed by atoms with E-state index in [1.165, 1.54) is 14.2 Å². The molecule has 54 valence electrons. The average Bonchev–Trinajstić information content (AvgIpc) is 2.03. The Kier molecular flexibility index (Phi) is 6.49. The van der Waals surface area contributed by atoms with Crippen molar-refractivity contribution in [1.29, 1.82) is 0 Å². The van der Waals surface area contributed by atoms with Crippen molar-refractivity contribution in [3.05, 3.63) is 0 Å². The zero-order valence-corrected chi connectivity index (χ0v) is 9.72. The molecular formula is C2H16B10. The quantitative estimate of drug-likeness (QED) is 0.340. The van der Waals surface area contributed by atoms with Crippen molar-refractivity contribution < 1.29 is 0 Å². The lowest BCUT2D eigenvalue weighted by molar-refractivity contribution is 1.81. The molecule has 10 heteroatoms. The summed E-state index contributed by atoms with van der Waals surface area (Å²) in [7, 11) is 14.5. The Morgan fingerprint density at radius 3 is 1.83 bits per heavy atom. The van der Waals surface area contributed by atoms with E-state index in [1.54, 1.807) is 0 Å². The minimum Gasteiger partial charge on any atom is -0.142 e. The van der Waals surface area contributed by atoms with Crippen LogP contribution in [0.5, 0.6) is 0 Å². The van der Waals surface area contributed by atoms with Crippen LogP contribution >= 0.6 is 0 Å². The van der Waals surface area contributed by atoms with Gasteiger partial charge >= 0.3 is 0 Å². The molecule has 0 amide bonds. The van der Waals surface area contributed by atoms with Crippen LogP contribution in [0.15, 0.2) is 0 Å². The maximum atomic E-state index is 2.40.